The average Bonchev–Trinajstić information content (AvgIpc) is 2.67. The van der Waals surface area contributed by atoms with Gasteiger partial charge in [-0.1, -0.05) is 6.07 Å². The van der Waals surface area contributed by atoms with Gasteiger partial charge in [0, 0.05) is 44.9 Å². The quantitative estimate of drug-likeness (QED) is 0.825. The summed E-state index contributed by atoms with van der Waals surface area (Å²) < 4.78 is 26.4. The highest BCUT2D eigenvalue weighted by Gasteiger charge is 2.28. The Labute approximate surface area is 159 Å². The summed E-state index contributed by atoms with van der Waals surface area (Å²) in [6.07, 6.45) is 5.40. The second kappa shape index (κ2) is 9.46. The Hall–Kier alpha value is -1.73. The molecule has 0 radical (unpaired) electrons. The zero-order valence-corrected chi connectivity index (χ0v) is 15.7. The minimum absolute atomic E-state index is 0.0211. The van der Waals surface area contributed by atoms with Gasteiger partial charge in [-0.3, -0.25) is 4.90 Å². The van der Waals surface area contributed by atoms with Crippen molar-refractivity contribution in [2.45, 2.75) is 57.2 Å². The highest BCUT2D eigenvalue weighted by Crippen LogP contribution is 2.21. The van der Waals surface area contributed by atoms with E-state index >= 15 is 0 Å². The summed E-state index contributed by atoms with van der Waals surface area (Å²) in [6, 6.07) is 4.28. The van der Waals surface area contributed by atoms with Crippen LogP contribution in [0.5, 0.6) is 0 Å². The lowest BCUT2D eigenvalue weighted by molar-refractivity contribution is 0.123. The molecule has 2 heterocycles. The lowest BCUT2D eigenvalue weighted by atomic mass is 10.00. The van der Waals surface area contributed by atoms with Crippen LogP contribution >= 0.6 is 0 Å². The maximum Gasteiger partial charge on any atom is 0.317 e. The highest BCUT2D eigenvalue weighted by atomic mass is 19.2. The normalized spacial score (nSPS) is 22.0. The molecule has 2 aliphatic heterocycles. The summed E-state index contributed by atoms with van der Waals surface area (Å²) in [5.74, 6) is -1.63. The fraction of sp³-hybridized carbons (Fsp3) is 0.650. The van der Waals surface area contributed by atoms with Gasteiger partial charge in [-0.15, -0.1) is 0 Å². The van der Waals surface area contributed by atoms with Crippen molar-refractivity contribution < 1.29 is 18.7 Å². The van der Waals surface area contributed by atoms with E-state index in [1.54, 1.807) is 6.07 Å². The van der Waals surface area contributed by atoms with Gasteiger partial charge in [-0.2, -0.15) is 0 Å². The van der Waals surface area contributed by atoms with Gasteiger partial charge in [-0.05, 0) is 56.2 Å². The standard InChI is InChI=1S/C20H29F2N3O2/c21-18-5-4-15(13-19(18)22)14-24-10-6-16(7-11-24)23-20(27)25-9-2-1-3-17(25)8-12-26/h4-5,13,16-17,26H,1-3,6-12,14H2,(H,23,27). The molecular weight excluding hydrogens is 352 g/mol. The molecule has 3 rings (SSSR count). The Morgan fingerprint density at radius 3 is 2.59 bits per heavy atom. The van der Waals surface area contributed by atoms with Crippen molar-refractivity contribution in [3.8, 4) is 0 Å². The van der Waals surface area contributed by atoms with Crippen LogP contribution in [0.25, 0.3) is 0 Å². The van der Waals surface area contributed by atoms with Crippen molar-refractivity contribution in [3.05, 3.63) is 35.4 Å². The average molecular weight is 381 g/mol. The number of aliphatic hydroxyl groups is 1. The molecule has 1 unspecified atom stereocenters. The van der Waals surface area contributed by atoms with Gasteiger partial charge in [0.25, 0.3) is 0 Å². The largest absolute Gasteiger partial charge is 0.396 e. The predicted molar refractivity (Wildman–Crippen MR) is 99.2 cm³/mol. The molecule has 7 heteroatoms. The van der Waals surface area contributed by atoms with Crippen molar-refractivity contribution in [1.29, 1.82) is 0 Å². The molecule has 2 fully saturated rings. The summed E-state index contributed by atoms with van der Waals surface area (Å²) in [4.78, 5) is 16.7. The first kappa shape index (κ1) is 20.0. The molecule has 150 valence electrons. The summed E-state index contributed by atoms with van der Waals surface area (Å²) >= 11 is 0. The Morgan fingerprint density at radius 2 is 1.89 bits per heavy atom. The second-order valence-electron chi connectivity index (χ2n) is 7.60. The predicted octanol–water partition coefficient (Wildman–Crippen LogP) is 2.88. The summed E-state index contributed by atoms with van der Waals surface area (Å²) in [7, 11) is 0. The zero-order chi connectivity index (χ0) is 19.2. The minimum Gasteiger partial charge on any atom is -0.396 e. The first-order valence-corrected chi connectivity index (χ1v) is 9.91. The molecule has 0 aromatic heterocycles. The van der Waals surface area contributed by atoms with E-state index in [0.29, 0.717) is 13.0 Å². The molecular formula is C20H29F2N3O2. The van der Waals surface area contributed by atoms with Gasteiger partial charge < -0.3 is 15.3 Å². The van der Waals surface area contributed by atoms with Crippen molar-refractivity contribution in [1.82, 2.24) is 15.1 Å². The van der Waals surface area contributed by atoms with Gasteiger partial charge in [0.2, 0.25) is 0 Å². The molecule has 27 heavy (non-hydrogen) atoms. The van der Waals surface area contributed by atoms with E-state index in [9.17, 15) is 18.7 Å². The third kappa shape index (κ3) is 5.39. The van der Waals surface area contributed by atoms with Crippen LogP contribution in [0.4, 0.5) is 13.6 Å². The topological polar surface area (TPSA) is 55.8 Å². The number of hydrogen-bond acceptors (Lipinski definition) is 3. The van der Waals surface area contributed by atoms with Crippen LogP contribution in [0.3, 0.4) is 0 Å². The fourth-order valence-corrected chi connectivity index (χ4v) is 4.11. The molecule has 2 aliphatic rings. The number of nitrogens with zero attached hydrogens (tertiary/aromatic N) is 2. The lowest BCUT2D eigenvalue weighted by Gasteiger charge is -2.38. The van der Waals surface area contributed by atoms with Crippen LogP contribution in [0.15, 0.2) is 18.2 Å². The minimum atomic E-state index is -0.822. The molecule has 0 aliphatic carbocycles. The van der Waals surface area contributed by atoms with Gasteiger partial charge in [-0.25, -0.2) is 13.6 Å². The van der Waals surface area contributed by atoms with Crippen molar-refractivity contribution in [3.63, 3.8) is 0 Å². The molecule has 1 aromatic rings. The maximum atomic E-state index is 13.3. The number of hydrogen-bond donors (Lipinski definition) is 2. The van der Waals surface area contributed by atoms with Gasteiger partial charge in [0.15, 0.2) is 11.6 Å². The Morgan fingerprint density at radius 1 is 1.11 bits per heavy atom. The third-order valence-corrected chi connectivity index (χ3v) is 5.66. The number of halogens is 2. The summed E-state index contributed by atoms with van der Waals surface area (Å²) in [6.45, 7) is 3.07. The van der Waals surface area contributed by atoms with E-state index in [1.807, 2.05) is 4.90 Å². The molecule has 0 bridgehead atoms. The molecule has 0 saturated carbocycles. The van der Waals surface area contributed by atoms with Crippen LogP contribution < -0.4 is 5.32 Å². The molecule has 1 atom stereocenters. The monoisotopic (exact) mass is 381 g/mol. The number of urea groups is 1. The van der Waals surface area contributed by atoms with E-state index in [0.717, 1.165) is 57.3 Å². The van der Waals surface area contributed by atoms with E-state index in [1.165, 1.54) is 12.1 Å². The number of carbonyl (C=O) groups excluding carboxylic acids is 1. The Kier molecular flexibility index (Phi) is 7.01. The van der Waals surface area contributed by atoms with Gasteiger partial charge in [0.05, 0.1) is 0 Å². The van der Waals surface area contributed by atoms with Crippen LogP contribution in [0.2, 0.25) is 0 Å². The number of aliphatic hydroxyl groups excluding tert-OH is 1. The first-order chi connectivity index (χ1) is 13.1. The fourth-order valence-electron chi connectivity index (χ4n) is 4.11. The van der Waals surface area contributed by atoms with Gasteiger partial charge >= 0.3 is 6.03 Å². The molecule has 2 saturated heterocycles. The maximum absolute atomic E-state index is 13.3. The van der Waals surface area contributed by atoms with Crippen molar-refractivity contribution >= 4 is 6.03 Å². The van der Waals surface area contributed by atoms with Crippen molar-refractivity contribution in [2.75, 3.05) is 26.2 Å². The number of carbonyl (C=O) groups is 1. The summed E-state index contributed by atoms with van der Waals surface area (Å²) in [5, 5.41) is 12.4. The number of nitrogens with one attached hydrogen (secondary N) is 1. The lowest BCUT2D eigenvalue weighted by Crippen LogP contribution is -2.53. The van der Waals surface area contributed by atoms with Crippen LogP contribution in [0, 0.1) is 11.6 Å². The van der Waals surface area contributed by atoms with Gasteiger partial charge in [0.1, 0.15) is 0 Å². The van der Waals surface area contributed by atoms with Crippen LogP contribution in [-0.2, 0) is 6.54 Å². The highest BCUT2D eigenvalue weighted by molar-refractivity contribution is 5.75. The smallest absolute Gasteiger partial charge is 0.317 e. The molecule has 0 spiro atoms. The van der Waals surface area contributed by atoms with E-state index in [4.69, 9.17) is 0 Å². The first-order valence-electron chi connectivity index (χ1n) is 9.91. The van der Waals surface area contributed by atoms with Crippen LogP contribution in [-0.4, -0.2) is 59.3 Å². The number of likely N-dealkylation sites (tertiary alicyclic amines) is 2. The molecule has 5 nitrogen and oxygen atoms in total. The van der Waals surface area contributed by atoms with Crippen LogP contribution in [0.1, 0.15) is 44.1 Å². The molecule has 2 amide bonds. The zero-order valence-electron chi connectivity index (χ0n) is 15.7. The molecule has 1 aromatic carbocycles. The van der Waals surface area contributed by atoms with E-state index < -0.39 is 11.6 Å². The number of benzene rings is 1. The Balaban J connectivity index is 1.46. The summed E-state index contributed by atoms with van der Waals surface area (Å²) in [5.41, 5.74) is 0.761. The third-order valence-electron chi connectivity index (χ3n) is 5.66. The number of amides is 2. The molecule has 2 N–H and O–H groups in total. The second-order valence-corrected chi connectivity index (χ2v) is 7.60. The number of rotatable bonds is 5. The number of piperidine rings is 2. The SMILES string of the molecule is O=C(NC1CCN(Cc2ccc(F)c(F)c2)CC1)N1CCCCC1CCO. The van der Waals surface area contributed by atoms with Crippen molar-refractivity contribution in [2.24, 2.45) is 0 Å². The Bertz CT molecular complexity index is 634. The van der Waals surface area contributed by atoms with E-state index in [-0.39, 0.29) is 24.7 Å². The van der Waals surface area contributed by atoms with E-state index in [2.05, 4.69) is 10.2 Å².